The van der Waals surface area contributed by atoms with E-state index in [1.165, 1.54) is 45.4 Å². The Hall–Kier alpha value is -3.60. The zero-order chi connectivity index (χ0) is 29.3. The van der Waals surface area contributed by atoms with Crippen LogP contribution in [-0.2, 0) is 44.6 Å². The van der Waals surface area contributed by atoms with Crippen LogP contribution in [0.3, 0.4) is 0 Å². The van der Waals surface area contributed by atoms with Crippen molar-refractivity contribution in [3.8, 4) is 0 Å². The van der Waals surface area contributed by atoms with E-state index in [1.54, 1.807) is 6.92 Å². The van der Waals surface area contributed by atoms with Crippen molar-refractivity contribution < 1.29 is 52.7 Å². The van der Waals surface area contributed by atoms with Crippen LogP contribution in [0.2, 0.25) is 0 Å². The number of carboxylic acids is 1. The average molecular weight is 565 g/mol. The monoisotopic (exact) mass is 564 g/mol. The Balaban J connectivity index is 0.000000214. The molecule has 1 aliphatic carbocycles. The van der Waals surface area contributed by atoms with Crippen molar-refractivity contribution in [1.29, 1.82) is 0 Å². The largest absolute Gasteiger partial charge is 0.508 e. The molecule has 1 aromatic rings. The predicted octanol–water partition coefficient (Wildman–Crippen LogP) is 5.06. The first-order valence-corrected chi connectivity index (χ1v) is 13.4. The molecule has 40 heavy (non-hydrogen) atoms. The Bertz CT molecular complexity index is 934. The molecule has 1 N–H and O–H groups in total. The fourth-order valence-corrected chi connectivity index (χ4v) is 3.45. The number of esters is 1. The van der Waals surface area contributed by atoms with E-state index >= 15 is 0 Å². The van der Waals surface area contributed by atoms with Crippen molar-refractivity contribution in [3.63, 3.8) is 0 Å². The Morgan fingerprint density at radius 3 is 1.62 bits per heavy atom. The number of hydrogen-bond acceptors (Lipinski definition) is 10. The quantitative estimate of drug-likeness (QED) is 0.298. The average Bonchev–Trinajstić information content (AvgIpc) is 3.58. The maximum absolute atomic E-state index is 11.9. The van der Waals surface area contributed by atoms with Gasteiger partial charge in [-0.15, -0.1) is 0 Å². The molecule has 4 aliphatic rings. The number of carbonyl (C=O) groups excluding carboxylic acids is 3. The van der Waals surface area contributed by atoms with E-state index in [-0.39, 0.29) is 33.0 Å². The minimum absolute atomic E-state index is 0.0144. The topological polar surface area (TPSA) is 144 Å². The van der Waals surface area contributed by atoms with E-state index in [0.717, 1.165) is 18.8 Å². The molecule has 1 aromatic carbocycles. The van der Waals surface area contributed by atoms with Crippen LogP contribution in [0.15, 0.2) is 42.5 Å². The van der Waals surface area contributed by atoms with Crippen molar-refractivity contribution in [3.05, 3.63) is 48.0 Å². The van der Waals surface area contributed by atoms with Crippen LogP contribution in [0.4, 0.5) is 9.59 Å². The molecule has 11 heteroatoms. The van der Waals surface area contributed by atoms with E-state index in [2.05, 4.69) is 21.6 Å². The van der Waals surface area contributed by atoms with Gasteiger partial charge >= 0.3 is 24.2 Å². The second kappa shape index (κ2) is 17.2. The summed E-state index contributed by atoms with van der Waals surface area (Å²) in [5, 5.41) is 8.61. The van der Waals surface area contributed by atoms with Crippen molar-refractivity contribution >= 4 is 24.2 Å². The van der Waals surface area contributed by atoms with Crippen LogP contribution in [0.5, 0.6) is 0 Å². The normalized spacial score (nSPS) is 20.1. The third kappa shape index (κ3) is 12.1. The highest BCUT2D eigenvalue weighted by Gasteiger charge is 2.42. The number of hydrogen-bond donors (Lipinski definition) is 1. The first-order valence-electron chi connectivity index (χ1n) is 13.4. The van der Waals surface area contributed by atoms with Gasteiger partial charge in [-0.25, -0.2) is 9.59 Å². The third-order valence-corrected chi connectivity index (χ3v) is 6.24. The molecule has 0 aromatic heterocycles. The Kier molecular flexibility index (Phi) is 14.0. The summed E-state index contributed by atoms with van der Waals surface area (Å²) in [4.78, 5) is 43.5. The molecule has 0 saturated carbocycles. The fraction of sp³-hybridized carbons (Fsp3) is 0.586. The zero-order valence-electron chi connectivity index (χ0n) is 23.3. The summed E-state index contributed by atoms with van der Waals surface area (Å²) in [6, 6.07) is 9.37. The highest BCUT2D eigenvalue weighted by molar-refractivity contribution is 5.78. The number of carboxylic acid groups (broad SMARTS) is 1. The predicted molar refractivity (Wildman–Crippen MR) is 142 cm³/mol. The third-order valence-electron chi connectivity index (χ3n) is 6.24. The number of ether oxygens (including phenoxy) is 6. The van der Waals surface area contributed by atoms with Gasteiger partial charge in [0.15, 0.2) is 0 Å². The van der Waals surface area contributed by atoms with Crippen molar-refractivity contribution in [2.75, 3.05) is 39.6 Å². The number of allylic oxidation sites excluding steroid dienone is 2. The molecule has 222 valence electrons. The van der Waals surface area contributed by atoms with E-state index in [4.69, 9.17) is 24.1 Å². The SMILES string of the molecule is C1=CCCCC1.C1CCOC1.CC1(C(=O)O)COC(=O)OC1.CC1(C(=O)OCc2ccccc2)COC(=O)OC1. The Morgan fingerprint density at radius 1 is 0.775 bits per heavy atom. The molecule has 3 fully saturated rings. The Morgan fingerprint density at radius 2 is 1.25 bits per heavy atom. The minimum Gasteiger partial charge on any atom is -0.481 e. The second-order valence-electron chi connectivity index (χ2n) is 10.2. The van der Waals surface area contributed by atoms with Crippen LogP contribution in [0.1, 0.15) is 57.9 Å². The van der Waals surface area contributed by atoms with Crippen LogP contribution in [0.25, 0.3) is 0 Å². The molecule has 3 heterocycles. The first-order chi connectivity index (χ1) is 19.1. The molecule has 3 aliphatic heterocycles. The van der Waals surface area contributed by atoms with Crippen molar-refractivity contribution in [2.24, 2.45) is 10.8 Å². The number of cyclic esters (lactones) is 4. The summed E-state index contributed by atoms with van der Waals surface area (Å²) in [5.41, 5.74) is -1.11. The molecule has 0 amide bonds. The van der Waals surface area contributed by atoms with Gasteiger partial charge in [0, 0.05) is 13.2 Å². The Labute approximate surface area is 234 Å². The maximum Gasteiger partial charge on any atom is 0.508 e. The van der Waals surface area contributed by atoms with Gasteiger partial charge in [0.1, 0.15) is 43.9 Å². The smallest absolute Gasteiger partial charge is 0.481 e. The molecule has 5 rings (SSSR count). The molecule has 0 bridgehead atoms. The molecule has 0 spiro atoms. The van der Waals surface area contributed by atoms with E-state index in [1.807, 2.05) is 30.3 Å². The summed E-state index contributed by atoms with van der Waals surface area (Å²) >= 11 is 0. The van der Waals surface area contributed by atoms with Gasteiger partial charge < -0.3 is 33.5 Å². The second-order valence-corrected chi connectivity index (χ2v) is 10.2. The van der Waals surface area contributed by atoms with Gasteiger partial charge in [-0.3, -0.25) is 9.59 Å². The lowest BCUT2D eigenvalue weighted by Crippen LogP contribution is -2.44. The maximum atomic E-state index is 11.9. The zero-order valence-corrected chi connectivity index (χ0v) is 23.3. The van der Waals surface area contributed by atoms with Crippen molar-refractivity contribution in [2.45, 2.75) is 59.0 Å². The van der Waals surface area contributed by atoms with E-state index in [9.17, 15) is 19.2 Å². The highest BCUT2D eigenvalue weighted by Crippen LogP contribution is 2.25. The molecule has 11 nitrogen and oxygen atoms in total. The van der Waals surface area contributed by atoms with Gasteiger partial charge in [-0.2, -0.15) is 0 Å². The summed E-state index contributed by atoms with van der Waals surface area (Å²) in [6.07, 6.45) is 11.0. The molecular weight excluding hydrogens is 524 g/mol. The lowest BCUT2D eigenvalue weighted by molar-refractivity contribution is -0.167. The number of rotatable bonds is 4. The van der Waals surface area contributed by atoms with Crippen LogP contribution in [0, 0.1) is 10.8 Å². The molecule has 0 radical (unpaired) electrons. The first kappa shape index (κ1) is 32.6. The number of aliphatic carboxylic acids is 1. The van der Waals surface area contributed by atoms with Crippen LogP contribution >= 0.6 is 0 Å². The van der Waals surface area contributed by atoms with Gasteiger partial charge in [0.2, 0.25) is 0 Å². The van der Waals surface area contributed by atoms with Gasteiger partial charge in [-0.1, -0.05) is 42.5 Å². The molecule has 3 saturated heterocycles. The minimum atomic E-state index is -1.09. The molecule has 0 atom stereocenters. The lowest BCUT2D eigenvalue weighted by atomic mass is 9.93. The van der Waals surface area contributed by atoms with Crippen LogP contribution < -0.4 is 0 Å². The van der Waals surface area contributed by atoms with E-state index in [0.29, 0.717) is 0 Å². The van der Waals surface area contributed by atoms with Crippen molar-refractivity contribution in [1.82, 2.24) is 0 Å². The summed E-state index contributed by atoms with van der Waals surface area (Å²) in [5.74, 6) is -1.45. The summed E-state index contributed by atoms with van der Waals surface area (Å²) in [6.45, 7) is 5.03. The molecule has 0 unspecified atom stereocenters. The summed E-state index contributed by atoms with van der Waals surface area (Å²) < 4.78 is 28.4. The van der Waals surface area contributed by atoms with Gasteiger partial charge in [0.05, 0.1) is 0 Å². The number of benzene rings is 1. The number of carbonyl (C=O) groups is 4. The lowest BCUT2D eigenvalue weighted by Gasteiger charge is -2.29. The summed E-state index contributed by atoms with van der Waals surface area (Å²) in [7, 11) is 0. The van der Waals surface area contributed by atoms with E-state index < -0.39 is 35.1 Å². The molecular formula is C29H40O11. The standard InChI is InChI=1S/C13H14O5.C6H8O5.C6H10.C4H8O/c1-13(8-17-12(15)18-9-13)11(14)16-7-10-5-3-2-4-6-10;1-6(4(7)8)2-10-5(9)11-3-6;1-2-4-6-5-3-1;1-2-4-5-3-1/h2-6H,7-9H2,1H3;2-3H2,1H3,(H,7,8);1-2H,3-6H2;1-4H2. The fourth-order valence-electron chi connectivity index (χ4n) is 3.45. The van der Waals surface area contributed by atoms with Gasteiger partial charge in [-0.05, 0) is 57.9 Å². The highest BCUT2D eigenvalue weighted by atomic mass is 16.7. The van der Waals surface area contributed by atoms with Gasteiger partial charge in [0.25, 0.3) is 0 Å². The van der Waals surface area contributed by atoms with Crippen LogP contribution in [-0.4, -0.2) is 69.0 Å².